The fourth-order valence-electron chi connectivity index (χ4n) is 2.87. The Morgan fingerprint density at radius 3 is 2.62 bits per heavy atom. The molecule has 0 aromatic heterocycles. The van der Waals surface area contributed by atoms with E-state index in [1.165, 1.54) is 5.56 Å². The minimum atomic E-state index is -0.0570. The van der Waals surface area contributed by atoms with Crippen molar-refractivity contribution in [1.29, 1.82) is 0 Å². The van der Waals surface area contributed by atoms with Crippen molar-refractivity contribution in [3.8, 4) is 0 Å². The lowest BCUT2D eigenvalue weighted by molar-refractivity contribution is -0.119. The lowest BCUT2D eigenvalue weighted by Gasteiger charge is -2.30. The van der Waals surface area contributed by atoms with Gasteiger partial charge in [-0.2, -0.15) is 0 Å². The summed E-state index contributed by atoms with van der Waals surface area (Å²) in [6, 6.07) is 13.8. The fraction of sp³-hybridized carbons (Fsp3) is 0.350. The van der Waals surface area contributed by atoms with Gasteiger partial charge in [0.2, 0.25) is 5.91 Å². The molecule has 0 bridgehead atoms. The van der Waals surface area contributed by atoms with Gasteiger partial charge in [-0.25, -0.2) is 0 Å². The molecule has 0 aliphatic carbocycles. The summed E-state index contributed by atoms with van der Waals surface area (Å²) < 4.78 is 5.41. The number of anilines is 2. The van der Waals surface area contributed by atoms with Crippen LogP contribution >= 0.6 is 11.6 Å². The molecule has 0 saturated carbocycles. The van der Waals surface area contributed by atoms with Crippen molar-refractivity contribution < 1.29 is 9.53 Å². The van der Waals surface area contributed by atoms with Crippen molar-refractivity contribution in [2.45, 2.75) is 13.5 Å². The molecule has 1 aliphatic heterocycles. The average Bonchev–Trinajstić information content (AvgIpc) is 2.66. The molecule has 2 aromatic rings. The highest BCUT2D eigenvalue weighted by atomic mass is 35.5. The molecule has 1 fully saturated rings. The molecule has 0 spiro atoms. The van der Waals surface area contributed by atoms with Gasteiger partial charge in [-0.15, -0.1) is 0 Å². The number of aryl methyl sites for hydroxylation is 1. The third kappa shape index (κ3) is 5.13. The Labute approximate surface area is 159 Å². The number of carbonyl (C=O) groups excluding carboxylic acids is 1. The third-order valence-electron chi connectivity index (χ3n) is 4.36. The molecular formula is C20H24ClN3O2. The smallest absolute Gasteiger partial charge is 0.239 e. The maximum Gasteiger partial charge on any atom is 0.239 e. The van der Waals surface area contributed by atoms with Crippen molar-refractivity contribution in [2.75, 3.05) is 43.1 Å². The van der Waals surface area contributed by atoms with E-state index in [4.69, 9.17) is 16.3 Å². The number of carbonyl (C=O) groups is 1. The van der Waals surface area contributed by atoms with E-state index in [1.807, 2.05) is 49.4 Å². The zero-order chi connectivity index (χ0) is 18.4. The van der Waals surface area contributed by atoms with Crippen molar-refractivity contribution in [2.24, 2.45) is 0 Å². The summed E-state index contributed by atoms with van der Waals surface area (Å²) in [5, 5.41) is 6.79. The first-order valence-electron chi connectivity index (χ1n) is 8.80. The lowest BCUT2D eigenvalue weighted by atomic mass is 10.1. The van der Waals surface area contributed by atoms with Crippen LogP contribution < -0.4 is 15.5 Å². The molecule has 0 atom stereocenters. The van der Waals surface area contributed by atoms with Crippen LogP contribution in [-0.2, 0) is 16.1 Å². The van der Waals surface area contributed by atoms with Gasteiger partial charge < -0.3 is 20.3 Å². The maximum absolute atomic E-state index is 12.2. The molecule has 2 aromatic carbocycles. The maximum atomic E-state index is 12.2. The molecule has 0 radical (unpaired) electrons. The number of ether oxygens (including phenoxy) is 1. The summed E-state index contributed by atoms with van der Waals surface area (Å²) in [5.41, 5.74) is 4.20. The molecule has 2 N–H and O–H groups in total. The highest BCUT2D eigenvalue weighted by Crippen LogP contribution is 2.29. The van der Waals surface area contributed by atoms with Gasteiger partial charge in [0.15, 0.2) is 0 Å². The van der Waals surface area contributed by atoms with Gasteiger partial charge in [-0.3, -0.25) is 4.79 Å². The Hall–Kier alpha value is -2.24. The molecule has 26 heavy (non-hydrogen) atoms. The van der Waals surface area contributed by atoms with Crippen LogP contribution in [0.15, 0.2) is 42.5 Å². The molecule has 138 valence electrons. The summed E-state index contributed by atoms with van der Waals surface area (Å²) in [6.07, 6.45) is 0. The van der Waals surface area contributed by atoms with E-state index in [1.54, 1.807) is 0 Å². The van der Waals surface area contributed by atoms with Crippen molar-refractivity contribution in [3.63, 3.8) is 0 Å². The lowest BCUT2D eigenvalue weighted by Crippen LogP contribution is -2.37. The van der Waals surface area contributed by atoms with E-state index >= 15 is 0 Å². The molecule has 6 heteroatoms. The number of morpholine rings is 1. The quantitative estimate of drug-likeness (QED) is 0.816. The number of benzene rings is 2. The van der Waals surface area contributed by atoms with E-state index in [2.05, 4.69) is 15.5 Å². The number of amides is 1. The van der Waals surface area contributed by atoms with Crippen LogP contribution in [-0.4, -0.2) is 38.8 Å². The Morgan fingerprint density at radius 2 is 1.88 bits per heavy atom. The molecule has 3 rings (SSSR count). The topological polar surface area (TPSA) is 53.6 Å². The van der Waals surface area contributed by atoms with Gasteiger partial charge in [0.1, 0.15) is 0 Å². The summed E-state index contributed by atoms with van der Waals surface area (Å²) in [4.78, 5) is 14.4. The normalized spacial score (nSPS) is 14.2. The minimum Gasteiger partial charge on any atom is -0.378 e. The highest BCUT2D eigenvalue weighted by Gasteiger charge is 2.15. The number of halogens is 1. The third-order valence-corrected chi connectivity index (χ3v) is 4.60. The summed E-state index contributed by atoms with van der Waals surface area (Å²) in [5.74, 6) is -0.0570. The Bertz CT molecular complexity index is 743. The first-order chi connectivity index (χ1) is 12.6. The van der Waals surface area contributed by atoms with Crippen LogP contribution in [0.5, 0.6) is 0 Å². The molecule has 5 nitrogen and oxygen atoms in total. The van der Waals surface area contributed by atoms with Gasteiger partial charge in [0.25, 0.3) is 0 Å². The van der Waals surface area contributed by atoms with E-state index in [0.29, 0.717) is 24.8 Å². The number of hydrogen-bond acceptors (Lipinski definition) is 4. The van der Waals surface area contributed by atoms with Gasteiger partial charge in [0.05, 0.1) is 31.1 Å². The van der Waals surface area contributed by atoms with Crippen molar-refractivity contribution in [1.82, 2.24) is 5.32 Å². The van der Waals surface area contributed by atoms with Crippen LogP contribution in [0.1, 0.15) is 11.1 Å². The number of nitrogens with zero attached hydrogens (tertiary/aromatic N) is 1. The number of hydrogen-bond donors (Lipinski definition) is 2. The Kier molecular flexibility index (Phi) is 6.36. The molecular weight excluding hydrogens is 350 g/mol. The summed E-state index contributed by atoms with van der Waals surface area (Å²) >= 11 is 6.14. The predicted molar refractivity (Wildman–Crippen MR) is 106 cm³/mol. The first-order valence-corrected chi connectivity index (χ1v) is 9.18. The predicted octanol–water partition coefficient (Wildman–Crippen LogP) is 3.21. The second-order valence-corrected chi connectivity index (χ2v) is 6.81. The van der Waals surface area contributed by atoms with Crippen LogP contribution in [0, 0.1) is 6.92 Å². The molecule has 0 unspecified atom stereocenters. The first kappa shape index (κ1) is 18.5. The Balaban J connectivity index is 1.57. The molecule has 1 heterocycles. The zero-order valence-corrected chi connectivity index (χ0v) is 15.7. The summed E-state index contributed by atoms with van der Waals surface area (Å²) in [6.45, 7) is 5.84. The van der Waals surface area contributed by atoms with Crippen LogP contribution in [0.3, 0.4) is 0 Å². The standard InChI is InChI=1S/C20H24ClN3O2/c1-15-2-4-16(5-3-15)13-23-20(25)14-22-18-12-17(21)6-7-19(18)24-8-10-26-11-9-24/h2-7,12,22H,8-11,13-14H2,1H3,(H,23,25). The number of nitrogens with one attached hydrogen (secondary N) is 2. The Morgan fingerprint density at radius 1 is 1.15 bits per heavy atom. The van der Waals surface area contributed by atoms with Crippen molar-refractivity contribution in [3.05, 3.63) is 58.6 Å². The molecule has 1 aliphatic rings. The SMILES string of the molecule is Cc1ccc(CNC(=O)CNc2cc(Cl)ccc2N2CCOCC2)cc1. The van der Waals surface area contributed by atoms with Gasteiger partial charge in [-0.05, 0) is 30.7 Å². The average molecular weight is 374 g/mol. The van der Waals surface area contributed by atoms with E-state index in [-0.39, 0.29) is 12.5 Å². The van der Waals surface area contributed by atoms with E-state index in [0.717, 1.165) is 30.0 Å². The van der Waals surface area contributed by atoms with Crippen molar-refractivity contribution >= 4 is 28.9 Å². The zero-order valence-electron chi connectivity index (χ0n) is 14.9. The van der Waals surface area contributed by atoms with E-state index in [9.17, 15) is 4.79 Å². The van der Waals surface area contributed by atoms with Crippen LogP contribution in [0.4, 0.5) is 11.4 Å². The monoisotopic (exact) mass is 373 g/mol. The summed E-state index contributed by atoms with van der Waals surface area (Å²) in [7, 11) is 0. The number of rotatable bonds is 6. The van der Waals surface area contributed by atoms with Gasteiger partial charge >= 0.3 is 0 Å². The second kappa shape index (κ2) is 8.92. The van der Waals surface area contributed by atoms with Crippen LogP contribution in [0.25, 0.3) is 0 Å². The van der Waals surface area contributed by atoms with Gasteiger partial charge in [0, 0.05) is 24.7 Å². The fourth-order valence-corrected chi connectivity index (χ4v) is 3.05. The minimum absolute atomic E-state index is 0.0570. The molecule has 1 saturated heterocycles. The highest BCUT2D eigenvalue weighted by molar-refractivity contribution is 6.31. The second-order valence-electron chi connectivity index (χ2n) is 6.38. The van der Waals surface area contributed by atoms with Crippen LogP contribution in [0.2, 0.25) is 5.02 Å². The van der Waals surface area contributed by atoms with Gasteiger partial charge in [-0.1, -0.05) is 41.4 Å². The largest absolute Gasteiger partial charge is 0.378 e. The molecule has 1 amide bonds. The van der Waals surface area contributed by atoms with E-state index < -0.39 is 0 Å².